The summed E-state index contributed by atoms with van der Waals surface area (Å²) >= 11 is 0. The van der Waals surface area contributed by atoms with Crippen molar-refractivity contribution in [2.75, 3.05) is 0 Å². The van der Waals surface area contributed by atoms with Crippen molar-refractivity contribution in [3.63, 3.8) is 0 Å². The summed E-state index contributed by atoms with van der Waals surface area (Å²) in [6.07, 6.45) is 0. The van der Waals surface area contributed by atoms with Gasteiger partial charge in [0.25, 0.3) is 0 Å². The molecule has 2 heteroatoms. The zero-order valence-corrected chi connectivity index (χ0v) is 10.5. The molecule has 0 N–H and O–H groups in total. The van der Waals surface area contributed by atoms with Crippen LogP contribution in [0, 0.1) is 0 Å². The van der Waals surface area contributed by atoms with Gasteiger partial charge in [0, 0.05) is 0 Å². The summed E-state index contributed by atoms with van der Waals surface area (Å²) in [5, 5.41) is 4.66. The number of hydrogen-bond donors (Lipinski definition) is 0. The zero-order valence-electron chi connectivity index (χ0n) is 10.5. The molecule has 0 amide bonds. The van der Waals surface area contributed by atoms with Gasteiger partial charge in [-0.05, 0) is 0 Å². The Hall–Kier alpha value is -1.00. The Kier molecular flexibility index (Phi) is 6.08. The van der Waals surface area contributed by atoms with E-state index in [9.17, 15) is 0 Å². The molecule has 0 aliphatic carbocycles. The maximum Gasteiger partial charge on any atom is 1.00 e. The summed E-state index contributed by atoms with van der Waals surface area (Å²) in [7, 11) is 0. The number of hydrogen-bond acceptors (Lipinski definition) is 0. The zero-order chi connectivity index (χ0) is 11.2. The van der Waals surface area contributed by atoms with Crippen molar-refractivity contribution < 1.29 is 18.9 Å². The van der Waals surface area contributed by atoms with Crippen molar-refractivity contribution >= 4 is 0 Å². The normalized spacial score (nSPS) is 11.6. The fourth-order valence-electron chi connectivity index (χ4n) is 1.66. The molecule has 0 bridgehead atoms. The summed E-state index contributed by atoms with van der Waals surface area (Å²) in [4.78, 5) is 0. The van der Waals surface area contributed by atoms with Crippen LogP contribution >= 0.6 is 0 Å². The SMILES string of the molecule is C[C@H]([15N-]Cc1ccccc1)c1ccccc1.[6Li+]. The van der Waals surface area contributed by atoms with Crippen molar-refractivity contribution in [1.82, 2.24) is 0 Å². The van der Waals surface area contributed by atoms with Gasteiger partial charge in [-0.1, -0.05) is 78.7 Å². The predicted octanol–water partition coefficient (Wildman–Crippen LogP) is 1.33. The molecule has 17 heavy (non-hydrogen) atoms. The first-order chi connectivity index (χ1) is 7.86. The van der Waals surface area contributed by atoms with Crippen LogP contribution in [0.2, 0.25) is 0 Å². The minimum atomic E-state index is 0. The molecule has 2 aromatic carbocycles. The fraction of sp³-hybridized carbons (Fsp3) is 0.200. The predicted molar refractivity (Wildman–Crippen MR) is 68.4 cm³/mol. The Labute approximate surface area is 115 Å². The maximum atomic E-state index is 4.66. The molecule has 0 unspecified atom stereocenters. The Morgan fingerprint density at radius 3 is 2.00 bits per heavy atom. The first kappa shape index (κ1) is 14.1. The minimum Gasteiger partial charge on any atom is -0.652 e. The molecule has 0 saturated carbocycles. The van der Waals surface area contributed by atoms with Crippen LogP contribution in [-0.4, -0.2) is 0 Å². The number of rotatable bonds is 4. The van der Waals surface area contributed by atoms with Gasteiger partial charge in [0.15, 0.2) is 0 Å². The van der Waals surface area contributed by atoms with Gasteiger partial charge in [0.05, 0.1) is 0 Å². The van der Waals surface area contributed by atoms with Gasteiger partial charge in [0.2, 0.25) is 0 Å². The molecule has 0 spiro atoms. The Balaban J connectivity index is 0.00000144. The van der Waals surface area contributed by atoms with Crippen LogP contribution in [-0.2, 0) is 6.54 Å². The van der Waals surface area contributed by atoms with Crippen LogP contribution in [0.4, 0.5) is 0 Å². The molecule has 2 rings (SSSR count). The smallest absolute Gasteiger partial charge is 0.652 e. The molecule has 0 aliphatic rings. The molecular formula is C15H16LiN. The molecule has 1 nitrogen and oxygen atoms in total. The van der Waals surface area contributed by atoms with Gasteiger partial charge < -0.3 is 5.32 Å². The van der Waals surface area contributed by atoms with Crippen LogP contribution in [0.15, 0.2) is 60.7 Å². The summed E-state index contributed by atoms with van der Waals surface area (Å²) in [5.41, 5.74) is 2.55. The van der Waals surface area contributed by atoms with E-state index in [0.29, 0.717) is 0 Å². The summed E-state index contributed by atoms with van der Waals surface area (Å²) in [6.45, 7) is 2.93. The quantitative estimate of drug-likeness (QED) is 0.542. The van der Waals surface area contributed by atoms with Crippen molar-refractivity contribution in [3.8, 4) is 0 Å². The van der Waals surface area contributed by atoms with E-state index < -0.39 is 0 Å². The van der Waals surface area contributed by atoms with Crippen molar-refractivity contribution in [2.45, 2.75) is 19.5 Å². The van der Waals surface area contributed by atoms with Crippen molar-refractivity contribution in [2.24, 2.45) is 0 Å². The van der Waals surface area contributed by atoms with E-state index in [0.717, 1.165) is 6.54 Å². The summed E-state index contributed by atoms with van der Waals surface area (Å²) in [6, 6.07) is 21.0. The third-order valence-electron chi connectivity index (χ3n) is 2.67. The van der Waals surface area contributed by atoms with Crippen molar-refractivity contribution in [1.29, 1.82) is 0 Å². The summed E-state index contributed by atoms with van der Waals surface area (Å²) < 4.78 is 0. The topological polar surface area (TPSA) is 14.1 Å². The van der Waals surface area contributed by atoms with Gasteiger partial charge >= 0.3 is 18.9 Å². The van der Waals surface area contributed by atoms with Crippen LogP contribution < -0.4 is 18.9 Å². The molecule has 2 aromatic rings. The van der Waals surface area contributed by atoms with Crippen LogP contribution in [0.1, 0.15) is 24.1 Å². The fourth-order valence-corrected chi connectivity index (χ4v) is 1.66. The Morgan fingerprint density at radius 1 is 0.882 bits per heavy atom. The Morgan fingerprint density at radius 2 is 1.41 bits per heavy atom. The van der Waals surface area contributed by atoms with Crippen LogP contribution in [0.3, 0.4) is 0 Å². The molecular weight excluding hydrogens is 201 g/mol. The van der Waals surface area contributed by atoms with E-state index in [-0.39, 0.29) is 24.9 Å². The number of benzene rings is 2. The van der Waals surface area contributed by atoms with Gasteiger partial charge in [-0.15, -0.1) is 12.6 Å². The van der Waals surface area contributed by atoms with E-state index in [1.165, 1.54) is 11.1 Å². The van der Waals surface area contributed by atoms with Crippen LogP contribution in [0.25, 0.3) is 5.32 Å². The monoisotopic (exact) mass is 217 g/mol. The second-order valence-electron chi connectivity index (χ2n) is 3.91. The van der Waals surface area contributed by atoms with E-state index in [1.54, 1.807) is 0 Å². The molecule has 0 fully saturated rings. The van der Waals surface area contributed by atoms with Gasteiger partial charge in [-0.3, -0.25) is 0 Å². The molecule has 0 saturated heterocycles. The summed E-state index contributed by atoms with van der Waals surface area (Å²) in [5.74, 6) is 0. The van der Waals surface area contributed by atoms with Gasteiger partial charge in [-0.2, -0.15) is 0 Å². The van der Waals surface area contributed by atoms with E-state index in [1.807, 2.05) is 12.1 Å². The van der Waals surface area contributed by atoms with E-state index in [2.05, 4.69) is 60.8 Å². The average molecular weight is 217 g/mol. The third-order valence-corrected chi connectivity index (χ3v) is 2.67. The van der Waals surface area contributed by atoms with E-state index in [4.69, 9.17) is 0 Å². The average Bonchev–Trinajstić information content (AvgIpc) is 2.38. The molecule has 82 valence electrons. The molecule has 0 aromatic heterocycles. The molecule has 0 aliphatic heterocycles. The number of nitrogens with zero attached hydrogens (tertiary/aromatic N) is 1. The second-order valence-corrected chi connectivity index (χ2v) is 3.91. The molecule has 1 atom stereocenters. The van der Waals surface area contributed by atoms with Crippen molar-refractivity contribution in [3.05, 3.63) is 77.1 Å². The molecule has 0 radical (unpaired) electrons. The third kappa shape index (κ3) is 4.40. The first-order valence-electron chi connectivity index (χ1n) is 5.62. The minimum absolute atomic E-state index is 0. The largest absolute Gasteiger partial charge is 1.00 e. The van der Waals surface area contributed by atoms with Gasteiger partial charge in [0.1, 0.15) is 0 Å². The second kappa shape index (κ2) is 7.35. The van der Waals surface area contributed by atoms with Crippen LogP contribution in [0.5, 0.6) is 0 Å². The first-order valence-corrected chi connectivity index (χ1v) is 5.62. The standard InChI is InChI=1S/C15H16N.Li/c1-13(15-10-6-3-7-11-15)16-12-14-8-4-2-5-9-14;/h2-11,13H,12H2,1H3;/q-1;+1/t13-;/m0./s1/i16+1;1-1. The molecule has 0 heterocycles. The maximum absolute atomic E-state index is 4.66. The van der Waals surface area contributed by atoms with E-state index >= 15 is 0 Å². The van der Waals surface area contributed by atoms with Gasteiger partial charge in [-0.25, -0.2) is 0 Å². The Bertz CT molecular complexity index is 413.